The minimum absolute atomic E-state index is 0.190. The standard InChI is InChI=1S/C13H16F3N3O/c1-3-9(7-20-2)19-11-5-4-8(17)6-10(11)18-12(19)13(14,15)16/h4-6,9H,3,7,17H2,1-2H3. The average Bonchev–Trinajstić information content (AvgIpc) is 2.74. The Morgan fingerprint density at radius 2 is 2.10 bits per heavy atom. The lowest BCUT2D eigenvalue weighted by Crippen LogP contribution is -2.21. The van der Waals surface area contributed by atoms with Gasteiger partial charge in [-0.15, -0.1) is 0 Å². The van der Waals surface area contributed by atoms with Crippen molar-refractivity contribution in [3.05, 3.63) is 24.0 Å². The van der Waals surface area contributed by atoms with E-state index in [1.807, 2.05) is 6.92 Å². The minimum Gasteiger partial charge on any atom is -0.399 e. The zero-order valence-electron chi connectivity index (χ0n) is 11.2. The Labute approximate surface area is 114 Å². The van der Waals surface area contributed by atoms with Crippen molar-refractivity contribution in [3.63, 3.8) is 0 Å². The van der Waals surface area contributed by atoms with E-state index in [2.05, 4.69) is 4.98 Å². The molecule has 20 heavy (non-hydrogen) atoms. The van der Waals surface area contributed by atoms with Crippen LogP contribution in [0.1, 0.15) is 25.2 Å². The number of ether oxygens (including phenoxy) is 1. The summed E-state index contributed by atoms with van der Waals surface area (Å²) in [4.78, 5) is 3.70. The molecule has 0 saturated heterocycles. The predicted octanol–water partition coefficient (Wildman–Crippen LogP) is 3.23. The van der Waals surface area contributed by atoms with E-state index in [-0.39, 0.29) is 12.1 Å². The molecular weight excluding hydrogens is 271 g/mol. The second-order valence-corrected chi connectivity index (χ2v) is 4.57. The van der Waals surface area contributed by atoms with Gasteiger partial charge in [-0.1, -0.05) is 6.92 Å². The molecule has 1 aromatic carbocycles. The Morgan fingerprint density at radius 3 is 2.65 bits per heavy atom. The summed E-state index contributed by atoms with van der Waals surface area (Å²) < 4.78 is 45.7. The van der Waals surface area contributed by atoms with Gasteiger partial charge in [-0.25, -0.2) is 4.98 Å². The Kier molecular flexibility index (Phi) is 3.89. The molecule has 1 atom stereocenters. The molecule has 0 fully saturated rings. The zero-order valence-corrected chi connectivity index (χ0v) is 11.2. The number of hydrogen-bond donors (Lipinski definition) is 1. The summed E-state index contributed by atoms with van der Waals surface area (Å²) in [5, 5.41) is 0. The van der Waals surface area contributed by atoms with Crippen LogP contribution in [0, 0.1) is 0 Å². The summed E-state index contributed by atoms with van der Waals surface area (Å²) in [6.45, 7) is 2.00. The van der Waals surface area contributed by atoms with Crippen LogP contribution in [0.5, 0.6) is 0 Å². The van der Waals surface area contributed by atoms with Crippen molar-refractivity contribution in [1.29, 1.82) is 0 Å². The number of hydrogen-bond acceptors (Lipinski definition) is 3. The molecule has 0 bridgehead atoms. The van der Waals surface area contributed by atoms with Crippen molar-refractivity contribution in [1.82, 2.24) is 9.55 Å². The lowest BCUT2D eigenvalue weighted by molar-refractivity contribution is -0.148. The first-order valence-electron chi connectivity index (χ1n) is 6.22. The van der Waals surface area contributed by atoms with Gasteiger partial charge in [-0.3, -0.25) is 0 Å². The molecule has 2 rings (SSSR count). The number of fused-ring (bicyclic) bond motifs is 1. The molecule has 0 aliphatic heterocycles. The molecule has 0 amide bonds. The van der Waals surface area contributed by atoms with Crippen LogP contribution in [-0.2, 0) is 10.9 Å². The van der Waals surface area contributed by atoms with Crippen molar-refractivity contribution in [2.45, 2.75) is 25.6 Å². The summed E-state index contributed by atoms with van der Waals surface area (Å²) in [6, 6.07) is 4.15. The van der Waals surface area contributed by atoms with Crippen molar-refractivity contribution in [2.75, 3.05) is 19.5 Å². The van der Waals surface area contributed by atoms with E-state index in [1.54, 1.807) is 12.1 Å². The summed E-state index contributed by atoms with van der Waals surface area (Å²) in [5.41, 5.74) is 6.64. The normalized spacial score (nSPS) is 13.8. The first kappa shape index (κ1) is 14.6. The molecule has 110 valence electrons. The Balaban J connectivity index is 2.70. The number of methoxy groups -OCH3 is 1. The Morgan fingerprint density at radius 1 is 1.40 bits per heavy atom. The number of anilines is 1. The number of nitrogen functional groups attached to an aromatic ring is 1. The second kappa shape index (κ2) is 5.32. The molecule has 1 heterocycles. The first-order chi connectivity index (χ1) is 9.38. The molecule has 0 saturated carbocycles. The topological polar surface area (TPSA) is 53.1 Å². The van der Waals surface area contributed by atoms with Crippen LogP contribution in [0.4, 0.5) is 18.9 Å². The molecule has 2 N–H and O–H groups in total. The summed E-state index contributed by atoms with van der Waals surface area (Å²) in [6.07, 6.45) is -4.01. The summed E-state index contributed by atoms with van der Waals surface area (Å²) in [5.74, 6) is -0.915. The maximum Gasteiger partial charge on any atom is 0.449 e. The molecule has 0 spiro atoms. The lowest BCUT2D eigenvalue weighted by Gasteiger charge is -2.20. The molecule has 1 aromatic heterocycles. The highest BCUT2D eigenvalue weighted by atomic mass is 19.4. The third kappa shape index (κ3) is 2.58. The highest BCUT2D eigenvalue weighted by molar-refractivity contribution is 5.80. The third-order valence-corrected chi connectivity index (χ3v) is 3.16. The molecule has 4 nitrogen and oxygen atoms in total. The van der Waals surface area contributed by atoms with E-state index in [0.717, 1.165) is 0 Å². The van der Waals surface area contributed by atoms with Gasteiger partial charge >= 0.3 is 6.18 Å². The largest absolute Gasteiger partial charge is 0.449 e. The fourth-order valence-corrected chi connectivity index (χ4v) is 2.25. The average molecular weight is 287 g/mol. The number of nitrogens with two attached hydrogens (primary N) is 1. The van der Waals surface area contributed by atoms with Gasteiger partial charge in [-0.05, 0) is 24.6 Å². The lowest BCUT2D eigenvalue weighted by atomic mass is 10.2. The van der Waals surface area contributed by atoms with Gasteiger partial charge in [0.2, 0.25) is 5.82 Å². The molecular formula is C13H16F3N3O. The number of halogens is 3. The highest BCUT2D eigenvalue weighted by Crippen LogP contribution is 2.35. The fraction of sp³-hybridized carbons (Fsp3) is 0.462. The van der Waals surface area contributed by atoms with Crippen molar-refractivity contribution >= 4 is 16.7 Å². The van der Waals surface area contributed by atoms with Gasteiger partial charge in [0.25, 0.3) is 0 Å². The van der Waals surface area contributed by atoms with Crippen LogP contribution >= 0.6 is 0 Å². The minimum atomic E-state index is -4.52. The van der Waals surface area contributed by atoms with Crippen LogP contribution in [0.25, 0.3) is 11.0 Å². The van der Waals surface area contributed by atoms with E-state index in [4.69, 9.17) is 10.5 Å². The first-order valence-corrected chi connectivity index (χ1v) is 6.22. The number of alkyl halides is 3. The molecule has 7 heteroatoms. The highest BCUT2D eigenvalue weighted by Gasteiger charge is 2.39. The molecule has 2 aromatic rings. The maximum absolute atomic E-state index is 13.2. The van der Waals surface area contributed by atoms with Gasteiger partial charge in [0.15, 0.2) is 0 Å². The van der Waals surface area contributed by atoms with E-state index in [0.29, 0.717) is 17.6 Å². The van der Waals surface area contributed by atoms with Crippen LogP contribution < -0.4 is 5.73 Å². The van der Waals surface area contributed by atoms with Crippen molar-refractivity contribution in [2.24, 2.45) is 0 Å². The smallest absolute Gasteiger partial charge is 0.399 e. The quantitative estimate of drug-likeness (QED) is 0.878. The zero-order chi connectivity index (χ0) is 14.9. The Bertz CT molecular complexity index is 607. The van der Waals surface area contributed by atoms with E-state index < -0.39 is 18.0 Å². The Hall–Kier alpha value is -1.76. The van der Waals surface area contributed by atoms with Crippen LogP contribution in [0.15, 0.2) is 18.2 Å². The van der Waals surface area contributed by atoms with Crippen molar-refractivity contribution < 1.29 is 17.9 Å². The third-order valence-electron chi connectivity index (χ3n) is 3.16. The van der Waals surface area contributed by atoms with Crippen LogP contribution in [-0.4, -0.2) is 23.3 Å². The van der Waals surface area contributed by atoms with Gasteiger partial charge in [0, 0.05) is 12.8 Å². The summed E-state index contributed by atoms with van der Waals surface area (Å²) in [7, 11) is 1.47. The SMILES string of the molecule is CCC(COC)n1c(C(F)(F)F)nc2cc(N)ccc21. The van der Waals surface area contributed by atoms with Gasteiger partial charge in [-0.2, -0.15) is 13.2 Å². The molecule has 0 aliphatic carbocycles. The van der Waals surface area contributed by atoms with Gasteiger partial charge < -0.3 is 15.0 Å². The van der Waals surface area contributed by atoms with Crippen molar-refractivity contribution in [3.8, 4) is 0 Å². The van der Waals surface area contributed by atoms with E-state index in [1.165, 1.54) is 17.7 Å². The molecule has 0 radical (unpaired) electrons. The van der Waals surface area contributed by atoms with E-state index >= 15 is 0 Å². The van der Waals surface area contributed by atoms with Gasteiger partial charge in [0.05, 0.1) is 23.7 Å². The summed E-state index contributed by atoms with van der Waals surface area (Å²) >= 11 is 0. The number of rotatable bonds is 4. The maximum atomic E-state index is 13.2. The molecule has 0 aliphatic rings. The number of aromatic nitrogens is 2. The fourth-order valence-electron chi connectivity index (χ4n) is 2.25. The van der Waals surface area contributed by atoms with Crippen LogP contribution in [0.2, 0.25) is 0 Å². The second-order valence-electron chi connectivity index (χ2n) is 4.57. The number of benzene rings is 1. The van der Waals surface area contributed by atoms with E-state index in [9.17, 15) is 13.2 Å². The van der Waals surface area contributed by atoms with Crippen LogP contribution in [0.3, 0.4) is 0 Å². The number of imidazole rings is 1. The molecule has 1 unspecified atom stereocenters. The monoisotopic (exact) mass is 287 g/mol. The van der Waals surface area contributed by atoms with Gasteiger partial charge in [0.1, 0.15) is 0 Å². The number of nitrogens with zero attached hydrogens (tertiary/aromatic N) is 2. The predicted molar refractivity (Wildman–Crippen MR) is 70.4 cm³/mol.